The number of H-pyrrole nitrogens is 1. The molecule has 0 saturated carbocycles. The van der Waals surface area contributed by atoms with E-state index in [0.717, 1.165) is 53.4 Å². The standard InChI is InChI=1S/C18H18ClN5/c19-17-11-14(16-12-22-18-15(16)3-1-5-21-18)4-9-24(17)8-2-7-23-10-6-20-13-23/h1,3-6,10-13H,2,7-9H2,(H,21,22). The molecule has 0 atom stereocenters. The molecular weight excluding hydrogens is 322 g/mol. The van der Waals surface area contributed by atoms with Crippen molar-refractivity contribution in [2.45, 2.75) is 13.0 Å². The van der Waals surface area contributed by atoms with Crippen LogP contribution in [-0.4, -0.2) is 37.5 Å². The van der Waals surface area contributed by atoms with Gasteiger partial charge >= 0.3 is 0 Å². The van der Waals surface area contributed by atoms with Crippen molar-refractivity contribution in [3.63, 3.8) is 0 Å². The molecule has 0 spiro atoms. The van der Waals surface area contributed by atoms with Gasteiger partial charge in [-0.05, 0) is 30.2 Å². The molecule has 0 unspecified atom stereocenters. The average Bonchev–Trinajstić information content (AvgIpc) is 3.26. The van der Waals surface area contributed by atoms with E-state index in [9.17, 15) is 0 Å². The molecule has 0 bridgehead atoms. The summed E-state index contributed by atoms with van der Waals surface area (Å²) in [5.74, 6) is 0. The fourth-order valence-electron chi connectivity index (χ4n) is 3.02. The van der Waals surface area contributed by atoms with Crippen molar-refractivity contribution in [3.8, 4) is 0 Å². The Balaban J connectivity index is 1.44. The summed E-state index contributed by atoms with van der Waals surface area (Å²) in [5.41, 5.74) is 3.19. The van der Waals surface area contributed by atoms with E-state index in [1.54, 1.807) is 12.4 Å². The molecule has 24 heavy (non-hydrogen) atoms. The predicted octanol–water partition coefficient (Wildman–Crippen LogP) is 3.63. The van der Waals surface area contributed by atoms with Gasteiger partial charge in [0, 0.05) is 55.4 Å². The lowest BCUT2D eigenvalue weighted by molar-refractivity contribution is 0.379. The molecule has 3 aromatic rings. The van der Waals surface area contributed by atoms with E-state index in [0.29, 0.717) is 0 Å². The van der Waals surface area contributed by atoms with Gasteiger partial charge in [0.15, 0.2) is 0 Å². The monoisotopic (exact) mass is 339 g/mol. The van der Waals surface area contributed by atoms with Crippen molar-refractivity contribution >= 4 is 28.2 Å². The van der Waals surface area contributed by atoms with E-state index in [2.05, 4.69) is 36.6 Å². The summed E-state index contributed by atoms with van der Waals surface area (Å²) in [6.45, 7) is 2.69. The molecule has 1 aliphatic rings. The van der Waals surface area contributed by atoms with Gasteiger partial charge in [-0.2, -0.15) is 0 Å². The second-order valence-electron chi connectivity index (χ2n) is 5.83. The van der Waals surface area contributed by atoms with Crippen molar-refractivity contribution in [1.29, 1.82) is 0 Å². The van der Waals surface area contributed by atoms with Crippen LogP contribution < -0.4 is 0 Å². The zero-order chi connectivity index (χ0) is 16.4. The molecule has 0 radical (unpaired) electrons. The Labute approximate surface area is 145 Å². The Kier molecular flexibility index (Phi) is 4.09. The topological polar surface area (TPSA) is 49.7 Å². The Bertz CT molecular complexity index is 891. The first kappa shape index (κ1) is 15.0. The average molecular weight is 340 g/mol. The van der Waals surface area contributed by atoms with Crippen molar-refractivity contribution in [2.24, 2.45) is 0 Å². The molecule has 0 saturated heterocycles. The first-order valence-corrected chi connectivity index (χ1v) is 8.39. The molecule has 5 nitrogen and oxygen atoms in total. The highest BCUT2D eigenvalue weighted by Gasteiger charge is 2.15. The third-order valence-corrected chi connectivity index (χ3v) is 4.62. The lowest BCUT2D eigenvalue weighted by Crippen LogP contribution is -2.25. The second-order valence-corrected chi connectivity index (χ2v) is 6.22. The van der Waals surface area contributed by atoms with E-state index in [1.807, 2.05) is 30.9 Å². The van der Waals surface area contributed by atoms with Crippen LogP contribution in [0.1, 0.15) is 12.0 Å². The predicted molar refractivity (Wildman–Crippen MR) is 96.4 cm³/mol. The molecule has 1 aliphatic heterocycles. The first-order chi connectivity index (χ1) is 11.8. The molecule has 0 amide bonds. The summed E-state index contributed by atoms with van der Waals surface area (Å²) in [7, 11) is 0. The van der Waals surface area contributed by atoms with Crippen LogP contribution in [0.2, 0.25) is 0 Å². The van der Waals surface area contributed by atoms with Crippen LogP contribution in [0.25, 0.3) is 16.6 Å². The van der Waals surface area contributed by atoms with Crippen molar-refractivity contribution in [3.05, 3.63) is 66.1 Å². The lowest BCUT2D eigenvalue weighted by Gasteiger charge is -2.26. The number of aromatic amines is 1. The number of fused-ring (bicyclic) bond motifs is 1. The molecule has 6 heteroatoms. The maximum Gasteiger partial charge on any atom is 0.137 e. The molecule has 0 fully saturated rings. The molecule has 0 aliphatic carbocycles. The van der Waals surface area contributed by atoms with Crippen LogP contribution in [-0.2, 0) is 6.54 Å². The Morgan fingerprint density at radius 1 is 1.25 bits per heavy atom. The third kappa shape index (κ3) is 2.95. The number of aryl methyl sites for hydroxylation is 1. The molecule has 4 rings (SSSR count). The van der Waals surface area contributed by atoms with Gasteiger partial charge in [-0.15, -0.1) is 0 Å². The van der Waals surface area contributed by atoms with E-state index in [-0.39, 0.29) is 0 Å². The van der Waals surface area contributed by atoms with E-state index in [1.165, 1.54) is 0 Å². The molecule has 4 heterocycles. The molecule has 0 aromatic carbocycles. The van der Waals surface area contributed by atoms with E-state index in [4.69, 9.17) is 11.6 Å². The lowest BCUT2D eigenvalue weighted by atomic mass is 10.0. The highest BCUT2D eigenvalue weighted by molar-refractivity contribution is 6.30. The van der Waals surface area contributed by atoms with Gasteiger partial charge in [-0.3, -0.25) is 0 Å². The van der Waals surface area contributed by atoms with Gasteiger partial charge in [0.1, 0.15) is 10.8 Å². The summed E-state index contributed by atoms with van der Waals surface area (Å²) in [6.07, 6.45) is 14.7. The van der Waals surface area contributed by atoms with Gasteiger partial charge in [0.2, 0.25) is 0 Å². The number of pyridine rings is 1. The van der Waals surface area contributed by atoms with Gasteiger partial charge in [0.25, 0.3) is 0 Å². The van der Waals surface area contributed by atoms with Gasteiger partial charge in [0.05, 0.1) is 6.33 Å². The summed E-state index contributed by atoms with van der Waals surface area (Å²) in [4.78, 5) is 13.8. The van der Waals surface area contributed by atoms with E-state index >= 15 is 0 Å². The zero-order valence-corrected chi connectivity index (χ0v) is 13.9. The summed E-state index contributed by atoms with van der Waals surface area (Å²) in [5, 5.41) is 1.91. The molecular formula is C18H18ClN5. The minimum atomic E-state index is 0.788. The van der Waals surface area contributed by atoms with Crippen LogP contribution in [0.3, 0.4) is 0 Å². The van der Waals surface area contributed by atoms with Gasteiger partial charge in [-0.1, -0.05) is 17.7 Å². The summed E-state index contributed by atoms with van der Waals surface area (Å²) >= 11 is 6.51. The largest absolute Gasteiger partial charge is 0.359 e. The van der Waals surface area contributed by atoms with Crippen LogP contribution in [0.5, 0.6) is 0 Å². The third-order valence-electron chi connectivity index (χ3n) is 4.27. The van der Waals surface area contributed by atoms with Gasteiger partial charge in [-0.25, -0.2) is 9.97 Å². The summed E-state index contributed by atoms with van der Waals surface area (Å²) in [6, 6.07) is 4.03. The van der Waals surface area contributed by atoms with Crippen LogP contribution in [0.15, 0.2) is 60.6 Å². The number of hydrogen-bond donors (Lipinski definition) is 1. The number of aromatic nitrogens is 4. The second kappa shape index (κ2) is 6.53. The Hall–Kier alpha value is -2.53. The number of hydrogen-bond acceptors (Lipinski definition) is 3. The molecule has 1 N–H and O–H groups in total. The Morgan fingerprint density at radius 3 is 3.04 bits per heavy atom. The number of halogens is 1. The highest BCUT2D eigenvalue weighted by Crippen LogP contribution is 2.29. The van der Waals surface area contributed by atoms with Crippen LogP contribution >= 0.6 is 11.6 Å². The number of imidazole rings is 1. The number of allylic oxidation sites excluding steroid dienone is 2. The number of nitrogens with one attached hydrogen (secondary N) is 1. The first-order valence-electron chi connectivity index (χ1n) is 8.02. The molecule has 3 aromatic heterocycles. The van der Waals surface area contributed by atoms with Crippen LogP contribution in [0.4, 0.5) is 0 Å². The maximum atomic E-state index is 6.51. The van der Waals surface area contributed by atoms with E-state index < -0.39 is 0 Å². The smallest absolute Gasteiger partial charge is 0.137 e. The van der Waals surface area contributed by atoms with Crippen molar-refractivity contribution in [1.82, 2.24) is 24.4 Å². The fourth-order valence-corrected chi connectivity index (χ4v) is 3.29. The SMILES string of the molecule is ClC1=CC(c2c[nH]c3ncccc23)=CCN1CCCn1ccnc1. The quantitative estimate of drug-likeness (QED) is 0.722. The van der Waals surface area contributed by atoms with Crippen molar-refractivity contribution < 1.29 is 0 Å². The normalized spacial score (nSPS) is 14.8. The molecule has 122 valence electrons. The zero-order valence-electron chi connectivity index (χ0n) is 13.2. The highest BCUT2D eigenvalue weighted by atomic mass is 35.5. The van der Waals surface area contributed by atoms with Crippen molar-refractivity contribution in [2.75, 3.05) is 13.1 Å². The Morgan fingerprint density at radius 2 is 2.21 bits per heavy atom. The van der Waals surface area contributed by atoms with Gasteiger partial charge < -0.3 is 14.5 Å². The number of rotatable bonds is 5. The summed E-state index contributed by atoms with van der Waals surface area (Å²) < 4.78 is 2.09. The maximum absolute atomic E-state index is 6.51. The number of nitrogens with zero attached hydrogens (tertiary/aromatic N) is 4. The minimum Gasteiger partial charge on any atom is -0.359 e. The minimum absolute atomic E-state index is 0.788. The fraction of sp³-hybridized carbons (Fsp3) is 0.222. The van der Waals surface area contributed by atoms with Crippen LogP contribution in [0, 0.1) is 0 Å².